The van der Waals surface area contributed by atoms with Crippen LogP contribution in [-0.4, -0.2) is 13.1 Å². The van der Waals surface area contributed by atoms with Crippen LogP contribution in [0.4, 0.5) is 0 Å². The number of allylic oxidation sites excluding steroid dienone is 1. The second kappa shape index (κ2) is 6.48. The predicted octanol–water partition coefficient (Wildman–Crippen LogP) is 3.73. The van der Waals surface area contributed by atoms with Gasteiger partial charge in [-0.05, 0) is 30.5 Å². The molecular weight excluding hydrogens is 246 g/mol. The van der Waals surface area contributed by atoms with Crippen molar-refractivity contribution in [3.05, 3.63) is 72.1 Å². The second-order valence-electron chi connectivity index (χ2n) is 5.36. The Morgan fingerprint density at radius 1 is 1.00 bits per heavy atom. The van der Waals surface area contributed by atoms with Gasteiger partial charge in [0.25, 0.3) is 0 Å². The van der Waals surface area contributed by atoms with Gasteiger partial charge in [-0.1, -0.05) is 61.3 Å². The Kier molecular flexibility index (Phi) is 4.69. The zero-order chi connectivity index (χ0) is 13.6. The van der Waals surface area contributed by atoms with Gasteiger partial charge in [0.2, 0.25) is 0 Å². The van der Waals surface area contributed by atoms with E-state index in [-0.39, 0.29) is 0 Å². The normalized spacial score (nSPS) is 11.9. The van der Waals surface area contributed by atoms with Gasteiger partial charge in [-0.25, -0.2) is 0 Å². The molecule has 1 aromatic heterocycles. The number of rotatable bonds is 5. The van der Waals surface area contributed by atoms with Gasteiger partial charge < -0.3 is 0 Å². The second-order valence-corrected chi connectivity index (χ2v) is 9.65. The van der Waals surface area contributed by atoms with Crippen molar-refractivity contribution in [2.24, 2.45) is 0 Å². The van der Waals surface area contributed by atoms with Crippen molar-refractivity contribution in [2.45, 2.75) is 25.9 Å². The number of nitrogens with zero attached hydrogens (tertiary/aromatic N) is 1. The summed E-state index contributed by atoms with van der Waals surface area (Å²) in [6.07, 6.45) is 6.44. The molecule has 1 heterocycles. The lowest BCUT2D eigenvalue weighted by molar-refractivity contribution is 1.00. The van der Waals surface area contributed by atoms with Crippen LogP contribution in [0.2, 0.25) is 13.1 Å². The highest BCUT2D eigenvalue weighted by atomic mass is 28.3. The Labute approximate surface area is 117 Å². The maximum Gasteiger partial charge on any atom is 0.127 e. The molecule has 0 fully saturated rings. The highest BCUT2D eigenvalue weighted by Gasteiger charge is 2.20. The van der Waals surface area contributed by atoms with Gasteiger partial charge in [0.05, 0.1) is 0 Å². The van der Waals surface area contributed by atoms with Crippen LogP contribution in [0.3, 0.4) is 0 Å². The number of hydrogen-bond acceptors (Lipinski definition) is 1. The molecule has 98 valence electrons. The molecule has 0 saturated carbocycles. The Morgan fingerprint density at radius 3 is 2.42 bits per heavy atom. The molecule has 2 rings (SSSR count). The molecule has 0 spiro atoms. The first-order valence-corrected chi connectivity index (χ1v) is 9.89. The fraction of sp³-hybridized carbons (Fsp3) is 0.235. The summed E-state index contributed by atoms with van der Waals surface area (Å²) in [6, 6.07) is 16.9. The highest BCUT2D eigenvalue weighted by molar-refractivity contribution is 6.93. The Bertz CT molecular complexity index is 517. The van der Waals surface area contributed by atoms with E-state index in [1.807, 2.05) is 12.3 Å². The Hall–Kier alpha value is -1.67. The van der Waals surface area contributed by atoms with Crippen molar-refractivity contribution in [3.8, 4) is 0 Å². The van der Waals surface area contributed by atoms with Gasteiger partial charge >= 0.3 is 0 Å². The van der Waals surface area contributed by atoms with Crippen molar-refractivity contribution in [2.75, 3.05) is 0 Å². The molecule has 2 aromatic rings. The fourth-order valence-electron chi connectivity index (χ4n) is 2.10. The van der Waals surface area contributed by atoms with Gasteiger partial charge in [-0.2, -0.15) is 0 Å². The zero-order valence-corrected chi connectivity index (χ0v) is 12.7. The average molecular weight is 267 g/mol. The smallest absolute Gasteiger partial charge is 0.127 e. The van der Waals surface area contributed by atoms with E-state index in [2.05, 4.69) is 72.3 Å². The van der Waals surface area contributed by atoms with Crippen molar-refractivity contribution in [1.82, 2.24) is 4.98 Å². The first-order chi connectivity index (χ1) is 9.18. The van der Waals surface area contributed by atoms with E-state index in [9.17, 15) is 0 Å². The molecule has 0 aliphatic rings. The molecule has 0 saturated heterocycles. The van der Waals surface area contributed by atoms with E-state index in [0.29, 0.717) is 0 Å². The van der Waals surface area contributed by atoms with Crippen LogP contribution in [0.15, 0.2) is 66.5 Å². The van der Waals surface area contributed by atoms with E-state index in [0.717, 1.165) is 12.8 Å². The summed E-state index contributed by atoms with van der Waals surface area (Å²) < 4.78 is 0. The van der Waals surface area contributed by atoms with Crippen LogP contribution in [0, 0.1) is 0 Å². The minimum absolute atomic E-state index is 1.10. The summed E-state index contributed by atoms with van der Waals surface area (Å²) >= 11 is 0. The van der Waals surface area contributed by atoms with Gasteiger partial charge in [0.1, 0.15) is 8.07 Å². The van der Waals surface area contributed by atoms with Crippen LogP contribution in [0.5, 0.6) is 0 Å². The lowest BCUT2D eigenvalue weighted by atomic mass is 10.1. The van der Waals surface area contributed by atoms with E-state index in [1.165, 1.54) is 10.9 Å². The molecule has 0 radical (unpaired) electrons. The van der Waals surface area contributed by atoms with Crippen LogP contribution in [0.1, 0.15) is 12.0 Å². The third-order valence-corrected chi connectivity index (χ3v) is 5.99. The molecule has 0 atom stereocenters. The van der Waals surface area contributed by atoms with Crippen molar-refractivity contribution in [1.29, 1.82) is 0 Å². The minimum Gasteiger partial charge on any atom is -0.266 e. The minimum atomic E-state index is -1.51. The SMILES string of the molecule is C[Si](C)(/C=C/CCc1ccccc1)c1ccccn1. The molecule has 0 aliphatic carbocycles. The van der Waals surface area contributed by atoms with Crippen LogP contribution < -0.4 is 5.32 Å². The molecule has 1 nitrogen and oxygen atoms in total. The number of pyridine rings is 1. The summed E-state index contributed by atoms with van der Waals surface area (Å²) in [5.74, 6) is 0. The van der Waals surface area contributed by atoms with E-state index in [1.54, 1.807) is 0 Å². The largest absolute Gasteiger partial charge is 0.266 e. The average Bonchev–Trinajstić information content (AvgIpc) is 2.46. The molecule has 0 unspecified atom stereocenters. The van der Waals surface area contributed by atoms with Crippen molar-refractivity contribution >= 4 is 13.4 Å². The summed E-state index contributed by atoms with van der Waals surface area (Å²) in [7, 11) is -1.51. The van der Waals surface area contributed by atoms with Crippen LogP contribution >= 0.6 is 0 Å². The molecule has 0 bridgehead atoms. The third kappa shape index (κ3) is 4.18. The Morgan fingerprint density at radius 2 is 1.74 bits per heavy atom. The molecule has 2 heteroatoms. The fourth-order valence-corrected chi connectivity index (χ4v) is 3.96. The maximum atomic E-state index is 4.50. The lowest BCUT2D eigenvalue weighted by Gasteiger charge is -2.16. The number of aromatic nitrogens is 1. The Balaban J connectivity index is 1.92. The van der Waals surface area contributed by atoms with Crippen LogP contribution in [0.25, 0.3) is 0 Å². The van der Waals surface area contributed by atoms with Gasteiger partial charge in [-0.3, -0.25) is 4.98 Å². The monoisotopic (exact) mass is 267 g/mol. The molecule has 1 aromatic carbocycles. The van der Waals surface area contributed by atoms with Gasteiger partial charge in [-0.15, -0.1) is 0 Å². The number of aryl methyl sites for hydroxylation is 1. The zero-order valence-electron chi connectivity index (χ0n) is 11.7. The van der Waals surface area contributed by atoms with Gasteiger partial charge in [0, 0.05) is 11.5 Å². The maximum absolute atomic E-state index is 4.50. The predicted molar refractivity (Wildman–Crippen MR) is 85.3 cm³/mol. The quantitative estimate of drug-likeness (QED) is 0.752. The van der Waals surface area contributed by atoms with E-state index < -0.39 is 8.07 Å². The summed E-state index contributed by atoms with van der Waals surface area (Å²) in [5, 5.41) is 1.26. The van der Waals surface area contributed by atoms with E-state index in [4.69, 9.17) is 0 Å². The summed E-state index contributed by atoms with van der Waals surface area (Å²) in [5.41, 5.74) is 3.81. The number of hydrogen-bond donors (Lipinski definition) is 0. The third-order valence-electron chi connectivity index (χ3n) is 3.30. The van der Waals surface area contributed by atoms with Gasteiger partial charge in [0.15, 0.2) is 0 Å². The topological polar surface area (TPSA) is 12.9 Å². The van der Waals surface area contributed by atoms with E-state index >= 15 is 0 Å². The lowest BCUT2D eigenvalue weighted by Crippen LogP contribution is -2.41. The number of benzene rings is 1. The molecule has 0 aliphatic heterocycles. The first kappa shape index (κ1) is 13.8. The van der Waals surface area contributed by atoms with Crippen LogP contribution in [-0.2, 0) is 6.42 Å². The summed E-state index contributed by atoms with van der Waals surface area (Å²) in [4.78, 5) is 4.50. The molecule has 0 N–H and O–H groups in total. The molecule has 0 amide bonds. The standard InChI is InChI=1S/C17H21NSi/c1-19(2,17-13-6-8-14-18-17)15-9-7-12-16-10-4-3-5-11-16/h3-6,8-11,13-15H,7,12H2,1-2H3/b15-9+. The highest BCUT2D eigenvalue weighted by Crippen LogP contribution is 2.07. The van der Waals surface area contributed by atoms with Crippen molar-refractivity contribution in [3.63, 3.8) is 0 Å². The summed E-state index contributed by atoms with van der Waals surface area (Å²) in [6.45, 7) is 4.68. The molecule has 19 heavy (non-hydrogen) atoms. The molecular formula is C17H21NSi. The first-order valence-electron chi connectivity index (χ1n) is 6.81. The van der Waals surface area contributed by atoms with Crippen molar-refractivity contribution < 1.29 is 0 Å².